The molecule has 7 nitrogen and oxygen atoms in total. The highest BCUT2D eigenvalue weighted by molar-refractivity contribution is 5.71. The van der Waals surface area contributed by atoms with Crippen LogP contribution >= 0.6 is 0 Å². The summed E-state index contributed by atoms with van der Waals surface area (Å²) in [5.74, 6) is -0.425. The van der Waals surface area contributed by atoms with E-state index in [4.69, 9.17) is 25.2 Å². The van der Waals surface area contributed by atoms with E-state index in [1.54, 1.807) is 0 Å². The third-order valence-electron chi connectivity index (χ3n) is 2.53. The lowest BCUT2D eigenvalue weighted by molar-refractivity contribution is 1.17. The van der Waals surface area contributed by atoms with Gasteiger partial charge in [0.1, 0.15) is 11.4 Å². The summed E-state index contributed by atoms with van der Waals surface area (Å²) in [6, 6.07) is -4.65. The van der Waals surface area contributed by atoms with Crippen molar-refractivity contribution >= 4 is 34.4 Å². The zero-order valence-corrected chi connectivity index (χ0v) is 12.0. The average molecular weight is 327 g/mol. The molecule has 0 saturated carbocycles. The molecule has 118 valence electrons. The number of benzene rings is 2. The molecule has 0 fully saturated rings. The number of nitrogens with zero attached hydrogens (tertiary/aromatic N) is 5. The van der Waals surface area contributed by atoms with Crippen LogP contribution in [0.3, 0.4) is 0 Å². The predicted octanol–water partition coefficient (Wildman–Crippen LogP) is 5.08. The van der Waals surface area contributed by atoms with Crippen molar-refractivity contribution in [3.63, 3.8) is 0 Å². The normalized spacial score (nSPS) is 17.2. The van der Waals surface area contributed by atoms with E-state index in [1.807, 2.05) is 0 Å². The zero-order chi connectivity index (χ0) is 25.5. The van der Waals surface area contributed by atoms with Crippen molar-refractivity contribution < 1.29 is 13.7 Å². The fourth-order valence-electron chi connectivity index (χ4n) is 1.48. The van der Waals surface area contributed by atoms with Crippen LogP contribution in [-0.4, -0.2) is 4.98 Å². The Morgan fingerprint density at radius 2 is 1.08 bits per heavy atom. The molecule has 24 heavy (non-hydrogen) atoms. The maximum atomic E-state index is 7.88. The molecule has 3 aromatic rings. The van der Waals surface area contributed by atoms with E-state index in [1.165, 1.54) is 6.07 Å². The van der Waals surface area contributed by atoms with Crippen LogP contribution in [0.15, 0.2) is 86.9 Å². The summed E-state index contributed by atoms with van der Waals surface area (Å²) >= 11 is 0. The molecule has 0 aliphatic rings. The minimum Gasteiger partial charge on any atom is -0.382 e. The SMILES string of the molecule is [2H]c1c([2H])c([2H])c(N=Nc2cc(N=Nc3c([2H])c([2H])c([2H])c([2H])c3[2H])c(N)nc2N)c([2H])c1[2H]. The van der Waals surface area contributed by atoms with Crippen molar-refractivity contribution in [2.75, 3.05) is 11.5 Å². The number of aromatic nitrogens is 1. The average Bonchev–Trinajstić information content (AvgIpc) is 2.80. The minimum absolute atomic E-state index is 0.129. The molecule has 1 aromatic heterocycles. The van der Waals surface area contributed by atoms with Gasteiger partial charge in [0.2, 0.25) is 0 Å². The van der Waals surface area contributed by atoms with Crippen LogP contribution in [0.1, 0.15) is 13.7 Å². The van der Waals surface area contributed by atoms with Crippen LogP contribution in [0.2, 0.25) is 0 Å². The molecule has 0 spiro atoms. The van der Waals surface area contributed by atoms with Crippen molar-refractivity contribution in [3.05, 3.63) is 66.5 Å². The number of nitrogen functional groups attached to an aromatic ring is 2. The van der Waals surface area contributed by atoms with Gasteiger partial charge in [0.25, 0.3) is 0 Å². The van der Waals surface area contributed by atoms with Gasteiger partial charge in [-0.05, 0) is 24.2 Å². The number of pyridine rings is 1. The number of nitrogens with two attached hydrogens (primary N) is 2. The number of hydrogen-bond donors (Lipinski definition) is 2. The van der Waals surface area contributed by atoms with Gasteiger partial charge in [-0.25, -0.2) is 4.98 Å². The Balaban J connectivity index is 2.06. The van der Waals surface area contributed by atoms with Gasteiger partial charge in [-0.3, -0.25) is 0 Å². The molecule has 0 aliphatic carbocycles. The molecular formula is C17H15N7. The molecule has 0 bridgehead atoms. The molecule has 3 rings (SSSR count). The Kier molecular flexibility index (Phi) is 2.16. The van der Waals surface area contributed by atoms with Crippen LogP contribution in [0.4, 0.5) is 34.4 Å². The second kappa shape index (κ2) is 7.10. The standard InChI is InChI=1S/C17H15N7/c18-16-14(23-21-12-7-3-1-4-8-12)11-15(17(19)20-16)24-22-13-9-5-2-6-10-13/h1-11H,(H4,18,19,20)/i1D,2D,3D,4D,5D,6D,7D,8D,9D,10D. The lowest BCUT2D eigenvalue weighted by Gasteiger charge is -2.03. The largest absolute Gasteiger partial charge is 0.382 e. The molecule has 0 atom stereocenters. The Morgan fingerprint density at radius 3 is 1.50 bits per heavy atom. The number of rotatable bonds is 4. The van der Waals surface area contributed by atoms with Gasteiger partial charge in [-0.1, -0.05) is 36.3 Å². The molecule has 7 heteroatoms. The van der Waals surface area contributed by atoms with Crippen molar-refractivity contribution in [2.45, 2.75) is 0 Å². The quantitative estimate of drug-likeness (QED) is 0.651. The molecular weight excluding hydrogens is 302 g/mol. The first kappa shape index (κ1) is 7.31. The highest BCUT2D eigenvalue weighted by Gasteiger charge is 2.07. The van der Waals surface area contributed by atoms with Gasteiger partial charge in [0.15, 0.2) is 11.6 Å². The van der Waals surface area contributed by atoms with Gasteiger partial charge in [-0.2, -0.15) is 10.2 Å². The van der Waals surface area contributed by atoms with Crippen molar-refractivity contribution in [1.82, 2.24) is 4.98 Å². The highest BCUT2D eigenvalue weighted by Crippen LogP contribution is 2.32. The van der Waals surface area contributed by atoms with Gasteiger partial charge in [-0.15, -0.1) is 10.2 Å². The number of anilines is 2. The third kappa shape index (κ3) is 3.77. The molecule has 1 heterocycles. The van der Waals surface area contributed by atoms with Crippen LogP contribution in [0.5, 0.6) is 0 Å². The number of azo groups is 2. The van der Waals surface area contributed by atoms with E-state index in [2.05, 4.69) is 25.4 Å². The molecule has 0 saturated heterocycles. The van der Waals surface area contributed by atoms with E-state index in [0.717, 1.165) is 0 Å². The van der Waals surface area contributed by atoms with Gasteiger partial charge in [0, 0.05) is 6.07 Å². The fourth-order valence-corrected chi connectivity index (χ4v) is 1.48. The summed E-state index contributed by atoms with van der Waals surface area (Å²) in [6.07, 6.45) is 0. The molecule has 4 N–H and O–H groups in total. The Hall–Kier alpha value is -3.61. The topological polar surface area (TPSA) is 114 Å². The maximum absolute atomic E-state index is 7.88. The molecule has 0 amide bonds. The molecule has 0 aliphatic heterocycles. The second-order valence-electron chi connectivity index (χ2n) is 4.14. The summed E-state index contributed by atoms with van der Waals surface area (Å²) in [5.41, 5.74) is 10.5. The monoisotopic (exact) mass is 327 g/mol. The van der Waals surface area contributed by atoms with Gasteiger partial charge < -0.3 is 11.5 Å². The van der Waals surface area contributed by atoms with Crippen LogP contribution in [0, 0.1) is 0 Å². The van der Waals surface area contributed by atoms with Crippen LogP contribution in [0.25, 0.3) is 0 Å². The van der Waals surface area contributed by atoms with Gasteiger partial charge >= 0.3 is 0 Å². The van der Waals surface area contributed by atoms with E-state index in [0.29, 0.717) is 0 Å². The Morgan fingerprint density at radius 1 is 0.667 bits per heavy atom. The Labute approximate surface area is 152 Å². The maximum Gasteiger partial charge on any atom is 0.153 e. The summed E-state index contributed by atoms with van der Waals surface area (Å²) in [6.45, 7) is 0. The fraction of sp³-hybridized carbons (Fsp3) is 0. The first-order chi connectivity index (χ1) is 15.9. The van der Waals surface area contributed by atoms with E-state index in [9.17, 15) is 0 Å². The predicted molar refractivity (Wildman–Crippen MR) is 94.3 cm³/mol. The highest BCUT2D eigenvalue weighted by atomic mass is 15.2. The van der Waals surface area contributed by atoms with Crippen LogP contribution in [-0.2, 0) is 0 Å². The smallest absolute Gasteiger partial charge is 0.153 e. The first-order valence-electron chi connectivity index (χ1n) is 11.4. The van der Waals surface area contributed by atoms with Crippen molar-refractivity contribution in [3.8, 4) is 0 Å². The molecule has 0 radical (unpaired) electrons. The second-order valence-corrected chi connectivity index (χ2v) is 4.14. The summed E-state index contributed by atoms with van der Waals surface area (Å²) in [5, 5.41) is 15.0. The van der Waals surface area contributed by atoms with Crippen molar-refractivity contribution in [1.29, 1.82) is 0 Å². The third-order valence-corrected chi connectivity index (χ3v) is 2.53. The molecule has 2 aromatic carbocycles. The van der Waals surface area contributed by atoms with Gasteiger partial charge in [0.05, 0.1) is 25.1 Å². The Bertz CT molecular complexity index is 1230. The summed E-state index contributed by atoms with van der Waals surface area (Å²) in [4.78, 5) is 3.84. The first-order valence-corrected chi connectivity index (χ1v) is 6.40. The lowest BCUT2D eigenvalue weighted by Crippen LogP contribution is -1.96. The number of hydrogen-bond acceptors (Lipinski definition) is 7. The lowest BCUT2D eigenvalue weighted by atomic mass is 10.3. The van der Waals surface area contributed by atoms with E-state index < -0.39 is 71.8 Å². The van der Waals surface area contributed by atoms with E-state index >= 15 is 0 Å². The molecule has 0 unspecified atom stereocenters. The van der Waals surface area contributed by atoms with Crippen LogP contribution < -0.4 is 11.5 Å². The summed E-state index contributed by atoms with van der Waals surface area (Å²) < 4.78 is 77.4. The summed E-state index contributed by atoms with van der Waals surface area (Å²) in [7, 11) is 0. The van der Waals surface area contributed by atoms with E-state index in [-0.39, 0.29) is 23.0 Å². The zero-order valence-electron chi connectivity index (χ0n) is 22.0. The minimum atomic E-state index is -0.591. The van der Waals surface area contributed by atoms with Crippen molar-refractivity contribution in [2.24, 2.45) is 20.5 Å².